The van der Waals surface area contributed by atoms with E-state index >= 15 is 0 Å². The second kappa shape index (κ2) is 12.3. The summed E-state index contributed by atoms with van der Waals surface area (Å²) in [5, 5.41) is 15.5. The third-order valence-electron chi connectivity index (χ3n) is 6.70. The average Bonchev–Trinajstić information content (AvgIpc) is 3.61. The van der Waals surface area contributed by atoms with E-state index in [1.54, 1.807) is 27.4 Å². The number of carbonyl (C=O) groups is 3. The van der Waals surface area contributed by atoms with E-state index in [9.17, 15) is 14.4 Å². The molecule has 0 atom stereocenters. The minimum absolute atomic E-state index is 0.0672. The Labute approximate surface area is 230 Å². The van der Waals surface area contributed by atoms with E-state index in [1.807, 2.05) is 19.1 Å². The van der Waals surface area contributed by atoms with Crippen LogP contribution in [0.5, 0.6) is 0 Å². The van der Waals surface area contributed by atoms with Crippen LogP contribution in [0.4, 0.5) is 10.5 Å². The highest BCUT2D eigenvalue weighted by Gasteiger charge is 2.25. The van der Waals surface area contributed by atoms with Crippen molar-refractivity contribution in [3.63, 3.8) is 0 Å². The van der Waals surface area contributed by atoms with E-state index < -0.39 is 11.8 Å². The number of carbonyl (C=O) groups excluding carboxylic acids is 3. The number of pyridine rings is 1. The maximum atomic E-state index is 13.2. The summed E-state index contributed by atoms with van der Waals surface area (Å²) in [4.78, 5) is 49.8. The third kappa shape index (κ3) is 6.42. The average molecular weight is 553 g/mol. The van der Waals surface area contributed by atoms with Gasteiger partial charge in [0, 0.05) is 68.4 Å². The Morgan fingerprint density at radius 3 is 2.90 bits per heavy atom. The lowest BCUT2D eigenvalue weighted by Gasteiger charge is -2.23. The molecule has 4 bridgehead atoms. The van der Waals surface area contributed by atoms with Crippen LogP contribution in [0.15, 0.2) is 29.9 Å². The van der Waals surface area contributed by atoms with Crippen molar-refractivity contribution in [1.29, 1.82) is 0 Å². The SMILES string of the molecule is CCNC(=O)N1CCCc2cc(ccn2)-c2nc(cs2)C(=O)Nc2cn(C3CCOCC3)nc2C(=O)NCC1. The van der Waals surface area contributed by atoms with Crippen LogP contribution in [0.25, 0.3) is 10.6 Å². The molecule has 3 aromatic rings. The zero-order valence-corrected chi connectivity index (χ0v) is 22.6. The molecule has 3 N–H and O–H groups in total. The Morgan fingerprint density at radius 1 is 1.23 bits per heavy atom. The zero-order chi connectivity index (χ0) is 27.2. The first-order valence-corrected chi connectivity index (χ1v) is 14.1. The summed E-state index contributed by atoms with van der Waals surface area (Å²) in [5.74, 6) is -0.845. The van der Waals surface area contributed by atoms with Crippen LogP contribution in [-0.2, 0) is 11.2 Å². The molecule has 5 heterocycles. The Kier molecular flexibility index (Phi) is 8.47. The Morgan fingerprint density at radius 2 is 2.08 bits per heavy atom. The number of nitrogens with one attached hydrogen (secondary N) is 3. The molecule has 0 aromatic carbocycles. The molecule has 206 valence electrons. The lowest BCUT2D eigenvalue weighted by atomic mass is 10.1. The van der Waals surface area contributed by atoms with Crippen LogP contribution < -0.4 is 16.0 Å². The van der Waals surface area contributed by atoms with E-state index in [-0.39, 0.29) is 30.0 Å². The third-order valence-corrected chi connectivity index (χ3v) is 7.60. The molecule has 13 heteroatoms. The van der Waals surface area contributed by atoms with Gasteiger partial charge in [0.1, 0.15) is 10.7 Å². The standard InChI is InChI=1S/C26H32N8O4S/c1-2-27-26(37)33-10-3-4-18-14-17(5-8-28-18)25-31-21(16-39-25)23(35)30-20-15-34(19-6-12-38-13-7-19)32-22(20)24(36)29-9-11-33/h5,8,14-16,19H,2-4,6-7,9-13H2,1H3,(H,27,37)(H,29,36)(H,30,35). The summed E-state index contributed by atoms with van der Waals surface area (Å²) in [6.07, 6.45) is 6.33. The van der Waals surface area contributed by atoms with Crippen LogP contribution in [0.1, 0.15) is 58.9 Å². The molecule has 3 aromatic heterocycles. The lowest BCUT2D eigenvalue weighted by Crippen LogP contribution is -2.44. The topological polar surface area (TPSA) is 143 Å². The van der Waals surface area contributed by atoms with Gasteiger partial charge < -0.3 is 25.6 Å². The van der Waals surface area contributed by atoms with Crippen LogP contribution in [0.3, 0.4) is 0 Å². The summed E-state index contributed by atoms with van der Waals surface area (Å²) in [7, 11) is 0. The van der Waals surface area contributed by atoms with Crippen molar-refractivity contribution in [3.8, 4) is 10.6 Å². The van der Waals surface area contributed by atoms with Gasteiger partial charge in [-0.25, -0.2) is 9.78 Å². The molecule has 0 radical (unpaired) electrons. The predicted molar refractivity (Wildman–Crippen MR) is 146 cm³/mol. The van der Waals surface area contributed by atoms with Gasteiger partial charge in [-0.1, -0.05) is 0 Å². The highest BCUT2D eigenvalue weighted by molar-refractivity contribution is 7.13. The van der Waals surface area contributed by atoms with Gasteiger partial charge in [0.2, 0.25) is 0 Å². The number of anilines is 1. The first-order valence-electron chi connectivity index (χ1n) is 13.2. The summed E-state index contributed by atoms with van der Waals surface area (Å²) >= 11 is 1.37. The second-order valence-electron chi connectivity index (χ2n) is 9.42. The molecule has 39 heavy (non-hydrogen) atoms. The normalized spacial score (nSPS) is 17.4. The number of nitrogens with zero attached hydrogens (tertiary/aromatic N) is 5. The number of thiazole rings is 1. The van der Waals surface area contributed by atoms with Gasteiger partial charge in [0.05, 0.1) is 11.7 Å². The van der Waals surface area contributed by atoms with Crippen LogP contribution in [-0.4, -0.2) is 81.9 Å². The minimum atomic E-state index is -0.425. The van der Waals surface area contributed by atoms with Crippen molar-refractivity contribution >= 4 is 34.9 Å². The van der Waals surface area contributed by atoms with Crippen LogP contribution in [0.2, 0.25) is 0 Å². The van der Waals surface area contributed by atoms with Crippen LogP contribution in [0, 0.1) is 0 Å². The molecule has 12 nitrogen and oxygen atoms in total. The molecule has 4 amide bonds. The maximum Gasteiger partial charge on any atom is 0.317 e. The summed E-state index contributed by atoms with van der Waals surface area (Å²) in [5.41, 5.74) is 2.45. The number of hydrogen-bond donors (Lipinski definition) is 3. The van der Waals surface area contributed by atoms with Gasteiger partial charge in [0.25, 0.3) is 11.8 Å². The molecule has 2 aliphatic rings. The first-order chi connectivity index (χ1) is 19.0. The van der Waals surface area contributed by atoms with E-state index in [4.69, 9.17) is 4.74 Å². The summed E-state index contributed by atoms with van der Waals surface area (Å²) < 4.78 is 7.20. The number of amides is 4. The van der Waals surface area contributed by atoms with Crippen molar-refractivity contribution in [2.24, 2.45) is 0 Å². The van der Waals surface area contributed by atoms with Crippen molar-refractivity contribution < 1.29 is 19.1 Å². The molecule has 2 aliphatic heterocycles. The fourth-order valence-electron chi connectivity index (χ4n) is 4.65. The Hall–Kier alpha value is -3.84. The molecular weight excluding hydrogens is 520 g/mol. The molecule has 0 spiro atoms. The number of urea groups is 1. The quantitative estimate of drug-likeness (QED) is 0.444. The number of fused-ring (bicyclic) bond motifs is 6. The van der Waals surface area contributed by atoms with Crippen molar-refractivity contribution in [3.05, 3.63) is 47.0 Å². The molecule has 1 saturated heterocycles. The molecule has 0 aliphatic carbocycles. The highest BCUT2D eigenvalue weighted by atomic mass is 32.1. The molecule has 5 rings (SSSR count). The number of ether oxygens (including phenoxy) is 1. The second-order valence-corrected chi connectivity index (χ2v) is 10.3. The summed E-state index contributed by atoms with van der Waals surface area (Å²) in [6.45, 7) is 4.67. The number of aromatic nitrogens is 4. The molecule has 0 saturated carbocycles. The number of aryl methyl sites for hydroxylation is 1. The number of rotatable bonds is 2. The maximum absolute atomic E-state index is 13.2. The molecular formula is C26H32N8O4S. The molecule has 1 fully saturated rings. The molecule has 0 unspecified atom stereocenters. The van der Waals surface area contributed by atoms with E-state index in [0.717, 1.165) is 24.1 Å². The lowest BCUT2D eigenvalue weighted by molar-refractivity contribution is 0.0660. The van der Waals surface area contributed by atoms with Gasteiger partial charge in [-0.3, -0.25) is 19.3 Å². The Bertz CT molecular complexity index is 1330. The summed E-state index contributed by atoms with van der Waals surface area (Å²) in [6, 6.07) is 3.72. The van der Waals surface area contributed by atoms with E-state index in [0.29, 0.717) is 56.4 Å². The van der Waals surface area contributed by atoms with Gasteiger partial charge >= 0.3 is 6.03 Å². The Balaban J connectivity index is 1.46. The monoisotopic (exact) mass is 552 g/mol. The highest BCUT2D eigenvalue weighted by Crippen LogP contribution is 2.27. The number of hydrogen-bond acceptors (Lipinski definition) is 8. The van der Waals surface area contributed by atoms with E-state index in [2.05, 4.69) is 31.0 Å². The predicted octanol–water partition coefficient (Wildman–Crippen LogP) is 2.71. The fourth-order valence-corrected chi connectivity index (χ4v) is 5.45. The van der Waals surface area contributed by atoms with Gasteiger partial charge in [0.15, 0.2) is 5.69 Å². The van der Waals surface area contributed by atoms with Gasteiger partial charge in [-0.05, 0) is 44.7 Å². The largest absolute Gasteiger partial charge is 0.381 e. The van der Waals surface area contributed by atoms with E-state index in [1.165, 1.54) is 11.3 Å². The van der Waals surface area contributed by atoms with Crippen molar-refractivity contribution in [1.82, 2.24) is 35.3 Å². The fraction of sp³-hybridized carbons (Fsp3) is 0.462. The first kappa shape index (κ1) is 26.8. The van der Waals surface area contributed by atoms with Gasteiger partial charge in [-0.2, -0.15) is 5.10 Å². The van der Waals surface area contributed by atoms with Gasteiger partial charge in [-0.15, -0.1) is 11.3 Å². The van der Waals surface area contributed by atoms with Crippen molar-refractivity contribution in [2.75, 3.05) is 44.7 Å². The van der Waals surface area contributed by atoms with Crippen LogP contribution >= 0.6 is 11.3 Å². The minimum Gasteiger partial charge on any atom is -0.381 e. The van der Waals surface area contributed by atoms with Crippen molar-refractivity contribution in [2.45, 2.75) is 38.6 Å². The zero-order valence-electron chi connectivity index (χ0n) is 21.8. The smallest absolute Gasteiger partial charge is 0.317 e.